The van der Waals surface area contributed by atoms with E-state index in [9.17, 15) is 4.79 Å². The molecule has 0 heterocycles. The number of nitrogens with one attached hydrogen (secondary N) is 1. The standard InChI is InChI=1S/C15H13BrClNO/c1-9-4-3-5-10(2)14(9)15(19)18-11-6-7-12(16)13(17)8-11/h3-8H,1-2H3,(H,18,19). The van der Waals surface area contributed by atoms with Gasteiger partial charge in [-0.1, -0.05) is 29.8 Å². The molecule has 0 aromatic heterocycles. The van der Waals surface area contributed by atoms with Crippen LogP contribution in [0.4, 0.5) is 5.69 Å². The maximum Gasteiger partial charge on any atom is 0.256 e. The first-order valence-corrected chi connectivity index (χ1v) is 6.99. The molecular formula is C15H13BrClNO. The van der Waals surface area contributed by atoms with E-state index in [1.54, 1.807) is 6.07 Å². The number of hydrogen-bond donors (Lipinski definition) is 1. The molecule has 0 radical (unpaired) electrons. The molecule has 2 aromatic rings. The SMILES string of the molecule is Cc1cccc(C)c1C(=O)Nc1ccc(Br)c(Cl)c1. The van der Waals surface area contributed by atoms with E-state index in [0.717, 1.165) is 15.6 Å². The van der Waals surface area contributed by atoms with Gasteiger partial charge in [0, 0.05) is 15.7 Å². The van der Waals surface area contributed by atoms with E-state index in [4.69, 9.17) is 11.6 Å². The third-order valence-corrected chi connectivity index (χ3v) is 4.12. The maximum absolute atomic E-state index is 12.3. The quantitative estimate of drug-likeness (QED) is 0.823. The predicted molar refractivity (Wildman–Crippen MR) is 83.0 cm³/mol. The molecule has 4 heteroatoms. The maximum atomic E-state index is 12.3. The largest absolute Gasteiger partial charge is 0.322 e. The van der Waals surface area contributed by atoms with Crippen molar-refractivity contribution in [2.45, 2.75) is 13.8 Å². The fraction of sp³-hybridized carbons (Fsp3) is 0.133. The highest BCUT2D eigenvalue weighted by molar-refractivity contribution is 9.10. The number of carbonyl (C=O) groups is 1. The van der Waals surface area contributed by atoms with Gasteiger partial charge in [-0.15, -0.1) is 0 Å². The molecule has 0 spiro atoms. The van der Waals surface area contributed by atoms with Gasteiger partial charge >= 0.3 is 0 Å². The second kappa shape index (κ2) is 5.76. The number of carbonyl (C=O) groups excluding carboxylic acids is 1. The number of aryl methyl sites for hydroxylation is 2. The minimum atomic E-state index is -0.117. The van der Waals surface area contributed by atoms with Crippen molar-refractivity contribution in [3.05, 3.63) is 62.6 Å². The second-order valence-corrected chi connectivity index (χ2v) is 5.61. The van der Waals surface area contributed by atoms with Gasteiger partial charge in [0.15, 0.2) is 0 Å². The number of rotatable bonds is 2. The molecule has 0 fully saturated rings. The lowest BCUT2D eigenvalue weighted by molar-refractivity contribution is 0.102. The van der Waals surface area contributed by atoms with Crippen LogP contribution in [-0.2, 0) is 0 Å². The Bertz CT molecular complexity index is 620. The fourth-order valence-corrected chi connectivity index (χ4v) is 2.37. The summed E-state index contributed by atoms with van der Waals surface area (Å²) in [7, 11) is 0. The van der Waals surface area contributed by atoms with E-state index in [-0.39, 0.29) is 5.91 Å². The predicted octanol–water partition coefficient (Wildman–Crippen LogP) is 4.97. The normalized spacial score (nSPS) is 10.3. The van der Waals surface area contributed by atoms with Crippen LogP contribution in [0.1, 0.15) is 21.5 Å². The minimum Gasteiger partial charge on any atom is -0.322 e. The molecule has 0 saturated heterocycles. The van der Waals surface area contributed by atoms with E-state index in [1.807, 2.05) is 44.2 Å². The molecule has 0 unspecified atom stereocenters. The van der Waals surface area contributed by atoms with E-state index >= 15 is 0 Å². The van der Waals surface area contributed by atoms with Crippen molar-refractivity contribution in [1.82, 2.24) is 0 Å². The van der Waals surface area contributed by atoms with Crippen molar-refractivity contribution in [3.8, 4) is 0 Å². The first-order valence-electron chi connectivity index (χ1n) is 5.81. The van der Waals surface area contributed by atoms with Crippen LogP contribution in [0.2, 0.25) is 5.02 Å². The molecular weight excluding hydrogens is 326 g/mol. The molecule has 0 atom stereocenters. The van der Waals surface area contributed by atoms with Crippen molar-refractivity contribution in [1.29, 1.82) is 0 Å². The first kappa shape index (κ1) is 14.1. The number of benzene rings is 2. The molecule has 1 amide bonds. The zero-order valence-corrected chi connectivity index (χ0v) is 13.0. The molecule has 0 aliphatic carbocycles. The topological polar surface area (TPSA) is 29.1 Å². The van der Waals surface area contributed by atoms with Gasteiger partial charge in [0.1, 0.15) is 0 Å². The van der Waals surface area contributed by atoms with Gasteiger partial charge in [0.25, 0.3) is 5.91 Å². The molecule has 19 heavy (non-hydrogen) atoms. The summed E-state index contributed by atoms with van der Waals surface area (Å²) in [6, 6.07) is 11.1. The van der Waals surface area contributed by atoms with Gasteiger partial charge in [0.2, 0.25) is 0 Å². The lowest BCUT2D eigenvalue weighted by atomic mass is 10.0. The summed E-state index contributed by atoms with van der Waals surface area (Å²) in [5.41, 5.74) is 3.31. The molecule has 2 rings (SSSR count). The Balaban J connectivity index is 2.28. The van der Waals surface area contributed by atoms with Crippen LogP contribution in [0.25, 0.3) is 0 Å². The Morgan fingerprint density at radius 1 is 1.16 bits per heavy atom. The summed E-state index contributed by atoms with van der Waals surface area (Å²) in [5, 5.41) is 3.43. The average Bonchev–Trinajstić information content (AvgIpc) is 2.33. The van der Waals surface area contributed by atoms with Crippen LogP contribution in [0.15, 0.2) is 40.9 Å². The fourth-order valence-electron chi connectivity index (χ4n) is 1.94. The number of halogens is 2. The van der Waals surface area contributed by atoms with Crippen LogP contribution in [-0.4, -0.2) is 5.91 Å². The van der Waals surface area contributed by atoms with Crippen molar-refractivity contribution in [2.24, 2.45) is 0 Å². The summed E-state index contributed by atoms with van der Waals surface area (Å²) in [6.45, 7) is 3.85. The van der Waals surface area contributed by atoms with Crippen LogP contribution in [0, 0.1) is 13.8 Å². The molecule has 0 aliphatic heterocycles. The van der Waals surface area contributed by atoms with E-state index in [2.05, 4.69) is 21.2 Å². The van der Waals surface area contributed by atoms with Crippen molar-refractivity contribution in [3.63, 3.8) is 0 Å². The lowest BCUT2D eigenvalue weighted by Gasteiger charge is -2.11. The number of hydrogen-bond acceptors (Lipinski definition) is 1. The summed E-state index contributed by atoms with van der Waals surface area (Å²) < 4.78 is 0.805. The molecule has 2 nitrogen and oxygen atoms in total. The molecule has 98 valence electrons. The van der Waals surface area contributed by atoms with Crippen molar-refractivity contribution >= 4 is 39.1 Å². The highest BCUT2D eigenvalue weighted by atomic mass is 79.9. The molecule has 2 aromatic carbocycles. The van der Waals surface area contributed by atoms with Crippen LogP contribution in [0.5, 0.6) is 0 Å². The molecule has 1 N–H and O–H groups in total. The third kappa shape index (κ3) is 3.17. The highest BCUT2D eigenvalue weighted by Crippen LogP contribution is 2.26. The Morgan fingerprint density at radius 2 is 1.79 bits per heavy atom. The Kier molecular flexibility index (Phi) is 4.27. The Labute approximate surface area is 125 Å². The zero-order valence-electron chi connectivity index (χ0n) is 10.6. The summed E-state index contributed by atoms with van der Waals surface area (Å²) >= 11 is 9.33. The number of amides is 1. The van der Waals surface area contributed by atoms with Crippen LogP contribution in [0.3, 0.4) is 0 Å². The third-order valence-electron chi connectivity index (χ3n) is 2.89. The molecule has 0 bridgehead atoms. The van der Waals surface area contributed by atoms with Crippen LogP contribution >= 0.6 is 27.5 Å². The summed E-state index contributed by atoms with van der Waals surface area (Å²) in [4.78, 5) is 12.3. The smallest absolute Gasteiger partial charge is 0.256 e. The lowest BCUT2D eigenvalue weighted by Crippen LogP contribution is -2.14. The number of anilines is 1. The van der Waals surface area contributed by atoms with E-state index in [0.29, 0.717) is 16.3 Å². The van der Waals surface area contributed by atoms with Crippen molar-refractivity contribution < 1.29 is 4.79 Å². The Morgan fingerprint density at radius 3 is 2.37 bits per heavy atom. The first-order chi connectivity index (χ1) is 8.99. The monoisotopic (exact) mass is 337 g/mol. The summed E-state index contributed by atoms with van der Waals surface area (Å²) in [6.07, 6.45) is 0. The van der Waals surface area contributed by atoms with Gasteiger partial charge < -0.3 is 5.32 Å². The average molecular weight is 339 g/mol. The van der Waals surface area contributed by atoms with Gasteiger partial charge in [0.05, 0.1) is 5.02 Å². The van der Waals surface area contributed by atoms with Gasteiger partial charge in [-0.2, -0.15) is 0 Å². The minimum absolute atomic E-state index is 0.117. The summed E-state index contributed by atoms with van der Waals surface area (Å²) in [5.74, 6) is -0.117. The van der Waals surface area contributed by atoms with Gasteiger partial charge in [-0.3, -0.25) is 4.79 Å². The van der Waals surface area contributed by atoms with E-state index in [1.165, 1.54) is 0 Å². The van der Waals surface area contributed by atoms with Gasteiger partial charge in [-0.05, 0) is 59.1 Å². The zero-order chi connectivity index (χ0) is 14.0. The van der Waals surface area contributed by atoms with Gasteiger partial charge in [-0.25, -0.2) is 0 Å². The highest BCUT2D eigenvalue weighted by Gasteiger charge is 2.12. The molecule has 0 aliphatic rings. The van der Waals surface area contributed by atoms with E-state index < -0.39 is 0 Å². The Hall–Kier alpha value is -1.32. The molecule has 0 saturated carbocycles. The van der Waals surface area contributed by atoms with Crippen LogP contribution < -0.4 is 5.32 Å². The second-order valence-electron chi connectivity index (χ2n) is 4.35. The van der Waals surface area contributed by atoms with Crippen molar-refractivity contribution in [2.75, 3.05) is 5.32 Å².